The van der Waals surface area contributed by atoms with Gasteiger partial charge in [-0.3, -0.25) is 9.59 Å². The van der Waals surface area contributed by atoms with E-state index in [9.17, 15) is 9.59 Å². The molecule has 9 nitrogen and oxygen atoms in total. The molecule has 1 aromatic carbocycles. The summed E-state index contributed by atoms with van der Waals surface area (Å²) in [5.41, 5.74) is 11.8. The fraction of sp³-hybridized carbons (Fsp3) is 0.429. The Balaban J connectivity index is 0.00000544. The van der Waals surface area contributed by atoms with Crippen molar-refractivity contribution >= 4 is 46.7 Å². The lowest BCUT2D eigenvalue weighted by Crippen LogP contribution is -3.00. The maximum Gasteiger partial charge on any atom is 0.273 e. The molecule has 0 aliphatic carbocycles. The number of nitrogens with one attached hydrogen (secondary N) is 2. The molecule has 0 spiro atoms. The minimum Gasteiger partial charge on any atom is -1.00 e. The molecule has 33 heavy (non-hydrogen) atoms. The Morgan fingerprint density at radius 2 is 1.52 bits per heavy atom. The summed E-state index contributed by atoms with van der Waals surface area (Å²) in [4.78, 5) is 32.1. The van der Waals surface area contributed by atoms with E-state index in [4.69, 9.17) is 34.7 Å². The molecule has 2 rings (SSSR count). The number of likely N-dealkylation sites (N-methyl/N-ethyl adjacent to an activating group) is 1. The van der Waals surface area contributed by atoms with Gasteiger partial charge in [0.1, 0.15) is 0 Å². The van der Waals surface area contributed by atoms with Crippen LogP contribution in [0.15, 0.2) is 24.3 Å². The number of carbonyl (C=O) groups excluding carboxylic acids is 2. The van der Waals surface area contributed by atoms with Gasteiger partial charge in [0.2, 0.25) is 0 Å². The number of hydrogen-bond acceptors (Lipinski definition) is 6. The van der Waals surface area contributed by atoms with E-state index in [1.54, 1.807) is 24.3 Å². The Morgan fingerprint density at radius 3 is 2.18 bits per heavy atom. The zero-order valence-corrected chi connectivity index (χ0v) is 21.8. The number of nitrogens with zero attached hydrogens (tertiary/aromatic N) is 3. The number of rotatable bonds is 11. The second-order valence-electron chi connectivity index (χ2n) is 8.10. The first-order valence-corrected chi connectivity index (χ1v) is 11.1. The fourth-order valence-electron chi connectivity index (χ4n) is 3.02. The molecule has 2 amide bonds. The lowest BCUT2D eigenvalue weighted by molar-refractivity contribution is -0.889. The molecule has 0 fully saturated rings. The third-order valence-electron chi connectivity index (χ3n) is 4.95. The zero-order valence-electron chi connectivity index (χ0n) is 18.7. The van der Waals surface area contributed by atoms with Crippen molar-refractivity contribution in [3.63, 3.8) is 0 Å². The summed E-state index contributed by atoms with van der Waals surface area (Å²) in [6.45, 7) is 2.75. The standard InChI is InChI=1S/C21H29Cl2N7O2.BrH/c1-30(2,13-11-27-21(32)16-18(24)29-19(25)17(23)28-16)12-5-3-4-10-26-20(31)14-6-8-15(22)9-7-14;/h6-9H,3-5,10-13H2,1-2H3,(H5-,24,25,26,27,29,31,32);1H. The number of carbonyl (C=O) groups is 2. The molecule has 0 saturated carbocycles. The number of anilines is 2. The smallest absolute Gasteiger partial charge is 0.273 e. The van der Waals surface area contributed by atoms with E-state index in [2.05, 4.69) is 34.7 Å². The largest absolute Gasteiger partial charge is 1.00 e. The maximum absolute atomic E-state index is 12.3. The number of aromatic nitrogens is 2. The van der Waals surface area contributed by atoms with Crippen molar-refractivity contribution in [2.24, 2.45) is 0 Å². The van der Waals surface area contributed by atoms with Crippen LogP contribution in [-0.2, 0) is 0 Å². The molecule has 0 bridgehead atoms. The minimum atomic E-state index is -0.437. The summed E-state index contributed by atoms with van der Waals surface area (Å²) in [6, 6.07) is 6.82. The zero-order chi connectivity index (χ0) is 23.7. The molecule has 1 aromatic heterocycles. The topological polar surface area (TPSA) is 136 Å². The number of nitrogen functional groups attached to an aromatic ring is 2. The van der Waals surface area contributed by atoms with Crippen molar-refractivity contribution in [1.29, 1.82) is 0 Å². The minimum absolute atomic E-state index is 0. The van der Waals surface area contributed by atoms with Crippen LogP contribution in [0.4, 0.5) is 11.6 Å². The van der Waals surface area contributed by atoms with Crippen LogP contribution in [0, 0.1) is 0 Å². The van der Waals surface area contributed by atoms with Crippen LogP contribution in [0.5, 0.6) is 0 Å². The van der Waals surface area contributed by atoms with E-state index in [1.807, 2.05) is 0 Å². The van der Waals surface area contributed by atoms with Crippen LogP contribution < -0.4 is 39.1 Å². The van der Waals surface area contributed by atoms with Crippen molar-refractivity contribution in [1.82, 2.24) is 20.6 Å². The molecule has 0 aliphatic heterocycles. The maximum atomic E-state index is 12.3. The quantitative estimate of drug-likeness (QED) is 0.212. The summed E-state index contributed by atoms with van der Waals surface area (Å²) in [5.74, 6) is -0.598. The first-order chi connectivity index (χ1) is 15.1. The molecule has 12 heteroatoms. The molecule has 2 aromatic rings. The average molecular weight is 563 g/mol. The number of quaternary nitrogens is 1. The Bertz CT molecular complexity index is 943. The van der Waals surface area contributed by atoms with Gasteiger partial charge in [-0.15, -0.1) is 0 Å². The number of nitrogens with two attached hydrogens (primary N) is 2. The van der Waals surface area contributed by atoms with E-state index in [0.29, 0.717) is 23.7 Å². The van der Waals surface area contributed by atoms with Crippen LogP contribution in [0.3, 0.4) is 0 Å². The number of unbranched alkanes of at least 4 members (excludes halogenated alkanes) is 2. The summed E-state index contributed by atoms with van der Waals surface area (Å²) < 4.78 is 0.737. The number of benzene rings is 1. The van der Waals surface area contributed by atoms with Gasteiger partial charge in [0, 0.05) is 17.1 Å². The first kappa shape index (κ1) is 28.9. The van der Waals surface area contributed by atoms with Crippen molar-refractivity contribution in [3.05, 3.63) is 45.7 Å². The molecule has 0 radical (unpaired) electrons. The Hall–Kier alpha value is -2.14. The van der Waals surface area contributed by atoms with Crippen molar-refractivity contribution < 1.29 is 31.1 Å². The monoisotopic (exact) mass is 561 g/mol. The highest BCUT2D eigenvalue weighted by Crippen LogP contribution is 2.17. The van der Waals surface area contributed by atoms with Crippen LogP contribution in [0.1, 0.15) is 40.1 Å². The molecule has 6 N–H and O–H groups in total. The van der Waals surface area contributed by atoms with Gasteiger partial charge in [-0.05, 0) is 43.5 Å². The summed E-state index contributed by atoms with van der Waals surface area (Å²) in [6.07, 6.45) is 2.89. The van der Waals surface area contributed by atoms with Crippen molar-refractivity contribution in [2.75, 3.05) is 51.7 Å². The van der Waals surface area contributed by atoms with Gasteiger partial charge in [-0.25, -0.2) is 9.97 Å². The third-order valence-corrected chi connectivity index (χ3v) is 5.48. The predicted molar refractivity (Wildman–Crippen MR) is 128 cm³/mol. The van der Waals surface area contributed by atoms with Crippen molar-refractivity contribution in [3.8, 4) is 0 Å². The highest BCUT2D eigenvalue weighted by Gasteiger charge is 2.18. The van der Waals surface area contributed by atoms with Gasteiger partial charge in [0.15, 0.2) is 22.5 Å². The van der Waals surface area contributed by atoms with E-state index in [1.165, 1.54) is 0 Å². The fourth-order valence-corrected chi connectivity index (χ4v) is 3.28. The SMILES string of the molecule is C[N+](C)(CCCCCNC(=O)c1ccc(Cl)cc1)CCNC(=O)c1nc(Cl)c(N)nc1N.[Br-]. The molecule has 182 valence electrons. The normalized spacial score (nSPS) is 10.9. The Kier molecular flexibility index (Phi) is 11.9. The Labute approximate surface area is 214 Å². The van der Waals surface area contributed by atoms with Crippen LogP contribution in [0.2, 0.25) is 10.2 Å². The highest BCUT2D eigenvalue weighted by atomic mass is 79.9. The van der Waals surface area contributed by atoms with Crippen LogP contribution >= 0.6 is 23.2 Å². The van der Waals surface area contributed by atoms with E-state index in [0.717, 1.165) is 36.8 Å². The Morgan fingerprint density at radius 1 is 0.879 bits per heavy atom. The molecular formula is C21H30BrCl2N7O2. The number of halogens is 3. The van der Waals surface area contributed by atoms with Gasteiger partial charge in [-0.1, -0.05) is 23.2 Å². The summed E-state index contributed by atoms with van der Waals surface area (Å²) in [5, 5.41) is 6.26. The first-order valence-electron chi connectivity index (χ1n) is 10.3. The second kappa shape index (κ2) is 13.5. The van der Waals surface area contributed by atoms with Gasteiger partial charge < -0.3 is 43.6 Å². The molecular weight excluding hydrogens is 533 g/mol. The van der Waals surface area contributed by atoms with Gasteiger partial charge in [0.05, 0.1) is 33.7 Å². The molecule has 0 aliphatic rings. The van der Waals surface area contributed by atoms with E-state index in [-0.39, 0.29) is 45.4 Å². The highest BCUT2D eigenvalue weighted by molar-refractivity contribution is 6.31. The lowest BCUT2D eigenvalue weighted by Gasteiger charge is -2.30. The van der Waals surface area contributed by atoms with Crippen LogP contribution in [-0.4, -0.2) is 66.5 Å². The van der Waals surface area contributed by atoms with Crippen molar-refractivity contribution in [2.45, 2.75) is 19.3 Å². The molecule has 0 saturated heterocycles. The number of hydrogen-bond donors (Lipinski definition) is 4. The summed E-state index contributed by atoms with van der Waals surface area (Å²) >= 11 is 11.7. The van der Waals surface area contributed by atoms with E-state index >= 15 is 0 Å². The number of amides is 2. The second-order valence-corrected chi connectivity index (χ2v) is 8.89. The average Bonchev–Trinajstić information content (AvgIpc) is 2.73. The molecule has 1 heterocycles. The lowest BCUT2D eigenvalue weighted by atomic mass is 10.2. The molecule has 0 atom stereocenters. The van der Waals surface area contributed by atoms with E-state index < -0.39 is 5.91 Å². The third kappa shape index (κ3) is 9.71. The van der Waals surface area contributed by atoms with Crippen LogP contribution in [0.25, 0.3) is 0 Å². The predicted octanol–water partition coefficient (Wildman–Crippen LogP) is -0.642. The summed E-state index contributed by atoms with van der Waals surface area (Å²) in [7, 11) is 4.20. The van der Waals surface area contributed by atoms with Gasteiger partial charge in [0.25, 0.3) is 11.8 Å². The molecule has 0 unspecified atom stereocenters. The van der Waals surface area contributed by atoms with Gasteiger partial charge in [-0.2, -0.15) is 0 Å². The van der Waals surface area contributed by atoms with Gasteiger partial charge >= 0.3 is 0 Å².